The molecule has 0 radical (unpaired) electrons. The Balaban J connectivity index is 2.27. The summed E-state index contributed by atoms with van der Waals surface area (Å²) in [5.41, 5.74) is 0.160. The molecule has 0 bridgehead atoms. The highest BCUT2D eigenvalue weighted by Gasteiger charge is 2.36. The minimum Gasteiger partial charge on any atom is -0.385 e. The van der Waals surface area contributed by atoms with Gasteiger partial charge in [-0.3, -0.25) is 0 Å². The van der Waals surface area contributed by atoms with Crippen molar-refractivity contribution in [2.75, 3.05) is 13.2 Å². The van der Waals surface area contributed by atoms with Crippen molar-refractivity contribution in [3.8, 4) is 0 Å². The molecule has 1 aliphatic rings. The zero-order valence-corrected chi connectivity index (χ0v) is 10.3. The van der Waals surface area contributed by atoms with Crippen LogP contribution in [0.25, 0.3) is 0 Å². The van der Waals surface area contributed by atoms with Crippen LogP contribution in [0.5, 0.6) is 0 Å². The minimum atomic E-state index is -0.791. The molecular weight excluding hydrogens is 256 g/mol. The molecule has 2 atom stereocenters. The highest BCUT2D eigenvalue weighted by atomic mass is 79.9. The van der Waals surface area contributed by atoms with Gasteiger partial charge < -0.3 is 9.84 Å². The smallest absolute Gasteiger partial charge is 0.0919 e. The van der Waals surface area contributed by atoms with Crippen molar-refractivity contribution in [2.24, 2.45) is 5.92 Å². The van der Waals surface area contributed by atoms with Crippen molar-refractivity contribution in [1.82, 2.24) is 0 Å². The first-order valence-corrected chi connectivity index (χ1v) is 5.96. The van der Waals surface area contributed by atoms with Gasteiger partial charge in [-0.1, -0.05) is 28.1 Å². The maximum Gasteiger partial charge on any atom is 0.0919 e. The first-order valence-electron chi connectivity index (χ1n) is 5.17. The number of halogens is 1. The number of rotatable bonds is 2. The Morgan fingerprint density at radius 2 is 2.33 bits per heavy atom. The predicted octanol–water partition coefficient (Wildman–Crippen LogP) is 2.69. The summed E-state index contributed by atoms with van der Waals surface area (Å²) < 4.78 is 6.32. The van der Waals surface area contributed by atoms with Gasteiger partial charge in [-0.2, -0.15) is 0 Å². The van der Waals surface area contributed by atoms with Crippen LogP contribution >= 0.6 is 15.9 Å². The summed E-state index contributed by atoms with van der Waals surface area (Å²) in [5, 5.41) is 10.5. The van der Waals surface area contributed by atoms with E-state index in [2.05, 4.69) is 15.9 Å². The van der Waals surface area contributed by atoms with Crippen LogP contribution in [0, 0.1) is 5.92 Å². The zero-order valence-electron chi connectivity index (χ0n) is 8.74. The minimum absolute atomic E-state index is 0.201. The molecule has 0 aliphatic carbocycles. The SMILES string of the molecule is CC(O)(c1cccc(Br)c1)C1CCOC1. The van der Waals surface area contributed by atoms with E-state index in [0.29, 0.717) is 6.61 Å². The molecule has 15 heavy (non-hydrogen) atoms. The van der Waals surface area contributed by atoms with Crippen LogP contribution in [-0.2, 0) is 10.3 Å². The van der Waals surface area contributed by atoms with Crippen LogP contribution in [0.1, 0.15) is 18.9 Å². The van der Waals surface area contributed by atoms with E-state index >= 15 is 0 Å². The maximum absolute atomic E-state index is 10.5. The summed E-state index contributed by atoms with van der Waals surface area (Å²) in [6.45, 7) is 3.28. The topological polar surface area (TPSA) is 29.5 Å². The van der Waals surface area contributed by atoms with Gasteiger partial charge in [0.1, 0.15) is 0 Å². The number of aliphatic hydroxyl groups is 1. The molecule has 3 heteroatoms. The van der Waals surface area contributed by atoms with Gasteiger partial charge in [0.15, 0.2) is 0 Å². The van der Waals surface area contributed by atoms with E-state index in [0.717, 1.165) is 23.1 Å². The molecule has 2 nitrogen and oxygen atoms in total. The fraction of sp³-hybridized carbons (Fsp3) is 0.500. The Labute approximate surface area is 98.4 Å². The van der Waals surface area contributed by atoms with Gasteiger partial charge in [-0.25, -0.2) is 0 Å². The lowest BCUT2D eigenvalue weighted by Gasteiger charge is -2.29. The maximum atomic E-state index is 10.5. The molecule has 1 aromatic rings. The number of benzene rings is 1. The average Bonchev–Trinajstić information content (AvgIpc) is 2.71. The van der Waals surface area contributed by atoms with Gasteiger partial charge in [-0.15, -0.1) is 0 Å². The third kappa shape index (κ3) is 2.25. The molecule has 1 aliphatic heterocycles. The molecule has 0 spiro atoms. The Hall–Kier alpha value is -0.380. The second-order valence-corrected chi connectivity index (χ2v) is 5.13. The molecule has 1 fully saturated rings. The lowest BCUT2D eigenvalue weighted by Crippen LogP contribution is -2.32. The molecule has 1 heterocycles. The van der Waals surface area contributed by atoms with Gasteiger partial charge in [0.05, 0.1) is 12.2 Å². The molecule has 1 saturated heterocycles. The normalized spacial score (nSPS) is 25.1. The van der Waals surface area contributed by atoms with Gasteiger partial charge in [0.2, 0.25) is 0 Å². The van der Waals surface area contributed by atoms with Gasteiger partial charge >= 0.3 is 0 Å². The first kappa shape index (κ1) is 11.1. The average molecular weight is 271 g/mol. The van der Waals surface area contributed by atoms with Crippen LogP contribution in [0.2, 0.25) is 0 Å². The van der Waals surface area contributed by atoms with Gasteiger partial charge in [0.25, 0.3) is 0 Å². The Kier molecular flexibility index (Phi) is 3.14. The largest absolute Gasteiger partial charge is 0.385 e. The standard InChI is InChI=1S/C12H15BrO2/c1-12(14,10-5-6-15-8-10)9-3-2-4-11(13)7-9/h2-4,7,10,14H,5-6,8H2,1H3. The number of hydrogen-bond acceptors (Lipinski definition) is 2. The highest BCUT2D eigenvalue weighted by molar-refractivity contribution is 9.10. The molecule has 2 rings (SSSR count). The fourth-order valence-electron chi connectivity index (χ4n) is 2.02. The van der Waals surface area contributed by atoms with Crippen molar-refractivity contribution in [3.05, 3.63) is 34.3 Å². The van der Waals surface area contributed by atoms with Crippen LogP contribution in [-0.4, -0.2) is 18.3 Å². The Morgan fingerprint density at radius 1 is 1.53 bits per heavy atom. The molecule has 0 saturated carbocycles. The van der Waals surface area contributed by atoms with Crippen molar-refractivity contribution in [2.45, 2.75) is 18.9 Å². The van der Waals surface area contributed by atoms with E-state index in [-0.39, 0.29) is 5.92 Å². The second-order valence-electron chi connectivity index (χ2n) is 4.22. The summed E-state index contributed by atoms with van der Waals surface area (Å²) in [6.07, 6.45) is 0.930. The monoisotopic (exact) mass is 270 g/mol. The van der Waals surface area contributed by atoms with Gasteiger partial charge in [-0.05, 0) is 31.0 Å². The fourth-order valence-corrected chi connectivity index (χ4v) is 2.42. The van der Waals surface area contributed by atoms with E-state index in [9.17, 15) is 5.11 Å². The molecular formula is C12H15BrO2. The molecule has 0 aromatic heterocycles. The molecule has 2 unspecified atom stereocenters. The molecule has 1 N–H and O–H groups in total. The van der Waals surface area contributed by atoms with Crippen molar-refractivity contribution in [3.63, 3.8) is 0 Å². The van der Waals surface area contributed by atoms with E-state index in [1.54, 1.807) is 0 Å². The Morgan fingerprint density at radius 3 is 2.93 bits per heavy atom. The van der Waals surface area contributed by atoms with Gasteiger partial charge in [0, 0.05) is 17.0 Å². The summed E-state index contributed by atoms with van der Waals surface area (Å²) >= 11 is 3.42. The van der Waals surface area contributed by atoms with Crippen molar-refractivity contribution < 1.29 is 9.84 Å². The number of hydrogen-bond donors (Lipinski definition) is 1. The van der Waals surface area contributed by atoms with Crippen LogP contribution < -0.4 is 0 Å². The number of ether oxygens (including phenoxy) is 1. The van der Waals surface area contributed by atoms with Crippen LogP contribution in [0.4, 0.5) is 0 Å². The van der Waals surface area contributed by atoms with Crippen LogP contribution in [0.15, 0.2) is 28.7 Å². The Bertz CT molecular complexity index is 343. The van der Waals surface area contributed by atoms with E-state index in [1.165, 1.54) is 0 Å². The van der Waals surface area contributed by atoms with E-state index in [4.69, 9.17) is 4.74 Å². The highest BCUT2D eigenvalue weighted by Crippen LogP contribution is 2.35. The summed E-state index contributed by atoms with van der Waals surface area (Å²) in [4.78, 5) is 0. The molecule has 0 amide bonds. The quantitative estimate of drug-likeness (QED) is 0.896. The van der Waals surface area contributed by atoms with E-state index in [1.807, 2.05) is 31.2 Å². The zero-order chi connectivity index (χ0) is 10.9. The lowest BCUT2D eigenvalue weighted by molar-refractivity contribution is -0.00975. The molecule has 82 valence electrons. The van der Waals surface area contributed by atoms with E-state index < -0.39 is 5.60 Å². The lowest BCUT2D eigenvalue weighted by atomic mass is 9.82. The molecule has 1 aromatic carbocycles. The third-order valence-corrected chi connectivity index (χ3v) is 3.63. The predicted molar refractivity (Wildman–Crippen MR) is 62.6 cm³/mol. The summed E-state index contributed by atoms with van der Waals surface area (Å²) in [5.74, 6) is 0.201. The van der Waals surface area contributed by atoms with Crippen molar-refractivity contribution >= 4 is 15.9 Å². The first-order chi connectivity index (χ1) is 7.10. The third-order valence-electron chi connectivity index (χ3n) is 3.13. The van der Waals surface area contributed by atoms with Crippen molar-refractivity contribution in [1.29, 1.82) is 0 Å². The summed E-state index contributed by atoms with van der Waals surface area (Å²) in [6, 6.07) is 7.84. The second kappa shape index (κ2) is 4.24. The van der Waals surface area contributed by atoms with Crippen LogP contribution in [0.3, 0.4) is 0 Å². The summed E-state index contributed by atoms with van der Waals surface area (Å²) in [7, 11) is 0.